The van der Waals surface area contributed by atoms with Gasteiger partial charge in [-0.3, -0.25) is 4.79 Å². The van der Waals surface area contributed by atoms with Crippen LogP contribution in [0.4, 0.5) is 5.95 Å². The van der Waals surface area contributed by atoms with Crippen molar-refractivity contribution in [3.63, 3.8) is 0 Å². The molecular weight excluding hydrogens is 260 g/mol. The van der Waals surface area contributed by atoms with E-state index < -0.39 is 6.10 Å². The quantitative estimate of drug-likeness (QED) is 0.611. The van der Waals surface area contributed by atoms with Gasteiger partial charge in [-0.05, 0) is 12.8 Å². The largest absolute Gasteiger partial charge is 0.391 e. The first-order valence-corrected chi connectivity index (χ1v) is 6.98. The van der Waals surface area contributed by atoms with Crippen molar-refractivity contribution in [2.24, 2.45) is 11.7 Å². The zero-order valence-corrected chi connectivity index (χ0v) is 11.3. The van der Waals surface area contributed by atoms with Crippen LogP contribution >= 0.6 is 0 Å². The van der Waals surface area contributed by atoms with Crippen molar-refractivity contribution in [3.8, 4) is 0 Å². The number of anilines is 1. The smallest absolute Gasteiger partial charge is 0.225 e. The Kier molecular flexibility index (Phi) is 3.58. The van der Waals surface area contributed by atoms with Gasteiger partial charge in [0.1, 0.15) is 6.33 Å². The summed E-state index contributed by atoms with van der Waals surface area (Å²) in [6, 6.07) is -0.264. The van der Waals surface area contributed by atoms with E-state index in [1.165, 1.54) is 6.33 Å². The standard InChI is InChI=1S/C12H20N6O2/c13-9-5-8(6-10(9)19)11(20)17-1-3-18(4-2-17)12-14-7-15-16-12/h7-10,19H,1-6,13H2,(H,14,15,16)/t8-,9-,10-/m0/s1. The Bertz CT molecular complexity index is 447. The van der Waals surface area contributed by atoms with Crippen molar-refractivity contribution < 1.29 is 9.90 Å². The Hall–Kier alpha value is -1.67. The molecule has 8 heteroatoms. The molecule has 4 N–H and O–H groups in total. The Morgan fingerprint density at radius 1 is 1.35 bits per heavy atom. The molecule has 2 heterocycles. The monoisotopic (exact) mass is 280 g/mol. The number of nitrogens with zero attached hydrogens (tertiary/aromatic N) is 4. The molecule has 0 spiro atoms. The molecule has 3 atom stereocenters. The number of nitrogens with two attached hydrogens (primary N) is 1. The maximum atomic E-state index is 12.4. The summed E-state index contributed by atoms with van der Waals surface area (Å²) in [4.78, 5) is 20.4. The SMILES string of the molecule is N[C@H]1C[C@H](C(=O)N2CCN(c3ncn[nH]3)CC2)C[C@@H]1O. The number of hydrogen-bond acceptors (Lipinski definition) is 6. The van der Waals surface area contributed by atoms with Crippen LogP contribution in [0.25, 0.3) is 0 Å². The number of hydrogen-bond donors (Lipinski definition) is 3. The third-order valence-electron chi connectivity index (χ3n) is 4.22. The van der Waals surface area contributed by atoms with Crippen LogP contribution < -0.4 is 10.6 Å². The van der Waals surface area contributed by atoms with Crippen LogP contribution in [0.1, 0.15) is 12.8 Å². The number of piperazine rings is 1. The number of H-pyrrole nitrogens is 1. The van der Waals surface area contributed by atoms with E-state index in [1.54, 1.807) is 0 Å². The van der Waals surface area contributed by atoms with Crippen molar-refractivity contribution in [3.05, 3.63) is 6.33 Å². The third kappa shape index (κ3) is 2.48. The fourth-order valence-electron chi connectivity index (χ4n) is 3.00. The molecule has 1 aromatic rings. The molecular formula is C12H20N6O2. The molecule has 3 rings (SSSR count). The summed E-state index contributed by atoms with van der Waals surface area (Å²) in [7, 11) is 0. The van der Waals surface area contributed by atoms with Crippen LogP contribution in [0.15, 0.2) is 6.33 Å². The van der Waals surface area contributed by atoms with Gasteiger partial charge in [-0.1, -0.05) is 0 Å². The number of carbonyl (C=O) groups excluding carboxylic acids is 1. The normalized spacial score (nSPS) is 30.8. The summed E-state index contributed by atoms with van der Waals surface area (Å²) >= 11 is 0. The van der Waals surface area contributed by atoms with Crippen molar-refractivity contribution >= 4 is 11.9 Å². The maximum Gasteiger partial charge on any atom is 0.225 e. The number of aliphatic hydroxyl groups excluding tert-OH is 1. The van der Waals surface area contributed by atoms with Gasteiger partial charge < -0.3 is 20.6 Å². The van der Waals surface area contributed by atoms with E-state index in [9.17, 15) is 9.90 Å². The number of aromatic nitrogens is 3. The Labute approximate surface area is 117 Å². The zero-order valence-electron chi connectivity index (χ0n) is 11.3. The minimum absolute atomic E-state index is 0.120. The number of carbonyl (C=O) groups is 1. The molecule has 0 aromatic carbocycles. The summed E-state index contributed by atoms with van der Waals surface area (Å²) in [5.74, 6) is 0.737. The van der Waals surface area contributed by atoms with E-state index >= 15 is 0 Å². The Morgan fingerprint density at radius 3 is 2.65 bits per heavy atom. The third-order valence-corrected chi connectivity index (χ3v) is 4.22. The van der Waals surface area contributed by atoms with E-state index in [1.807, 2.05) is 4.90 Å². The first-order chi connectivity index (χ1) is 9.65. The van der Waals surface area contributed by atoms with E-state index in [0.29, 0.717) is 25.9 Å². The van der Waals surface area contributed by atoms with Gasteiger partial charge in [0.2, 0.25) is 11.9 Å². The first-order valence-electron chi connectivity index (χ1n) is 6.98. The molecule has 1 aliphatic heterocycles. The van der Waals surface area contributed by atoms with Crippen molar-refractivity contribution in [1.82, 2.24) is 20.1 Å². The predicted molar refractivity (Wildman–Crippen MR) is 71.9 cm³/mol. The average molecular weight is 280 g/mol. The summed E-state index contributed by atoms with van der Waals surface area (Å²) in [5.41, 5.74) is 5.77. The summed E-state index contributed by atoms with van der Waals surface area (Å²) in [6.45, 7) is 2.81. The lowest BCUT2D eigenvalue weighted by atomic mass is 10.1. The van der Waals surface area contributed by atoms with E-state index in [-0.39, 0.29) is 17.9 Å². The molecule has 2 aliphatic rings. The highest BCUT2D eigenvalue weighted by Crippen LogP contribution is 2.27. The molecule has 0 unspecified atom stereocenters. The second-order valence-electron chi connectivity index (χ2n) is 5.52. The summed E-state index contributed by atoms with van der Waals surface area (Å²) in [5, 5.41) is 16.3. The average Bonchev–Trinajstić information content (AvgIpc) is 3.09. The lowest BCUT2D eigenvalue weighted by molar-refractivity contribution is -0.135. The van der Waals surface area contributed by atoms with Gasteiger partial charge in [-0.15, -0.1) is 0 Å². The highest BCUT2D eigenvalue weighted by atomic mass is 16.3. The van der Waals surface area contributed by atoms with E-state index in [0.717, 1.165) is 19.0 Å². The molecule has 1 aliphatic carbocycles. The summed E-state index contributed by atoms with van der Waals surface area (Å²) in [6.07, 6.45) is 2.01. The van der Waals surface area contributed by atoms with Crippen LogP contribution in [0.3, 0.4) is 0 Å². The van der Waals surface area contributed by atoms with E-state index in [2.05, 4.69) is 20.1 Å². The molecule has 0 bridgehead atoms. The molecule has 1 saturated carbocycles. The number of aromatic amines is 1. The zero-order chi connectivity index (χ0) is 14.1. The molecule has 20 heavy (non-hydrogen) atoms. The van der Waals surface area contributed by atoms with Gasteiger partial charge in [-0.2, -0.15) is 10.1 Å². The van der Waals surface area contributed by atoms with E-state index in [4.69, 9.17) is 5.73 Å². The molecule has 8 nitrogen and oxygen atoms in total. The molecule has 2 fully saturated rings. The van der Waals surface area contributed by atoms with Crippen LogP contribution in [0, 0.1) is 5.92 Å². The lowest BCUT2D eigenvalue weighted by Gasteiger charge is -2.35. The predicted octanol–water partition coefficient (Wildman–Crippen LogP) is -1.45. The Balaban J connectivity index is 1.54. The number of rotatable bonds is 2. The molecule has 1 amide bonds. The maximum absolute atomic E-state index is 12.4. The second-order valence-corrected chi connectivity index (χ2v) is 5.52. The minimum Gasteiger partial charge on any atom is -0.391 e. The summed E-state index contributed by atoms with van der Waals surface area (Å²) < 4.78 is 0. The number of amides is 1. The number of nitrogens with one attached hydrogen (secondary N) is 1. The second kappa shape index (κ2) is 5.37. The van der Waals surface area contributed by atoms with Crippen LogP contribution in [0.5, 0.6) is 0 Å². The van der Waals surface area contributed by atoms with Crippen molar-refractivity contribution in [1.29, 1.82) is 0 Å². The van der Waals surface area contributed by atoms with Crippen LogP contribution in [-0.4, -0.2) is 69.4 Å². The Morgan fingerprint density at radius 2 is 2.10 bits per heavy atom. The highest BCUT2D eigenvalue weighted by molar-refractivity contribution is 5.79. The first kappa shape index (κ1) is 13.3. The fraction of sp³-hybridized carbons (Fsp3) is 0.750. The van der Waals surface area contributed by atoms with Gasteiger partial charge in [0.05, 0.1) is 6.10 Å². The minimum atomic E-state index is -0.542. The van der Waals surface area contributed by atoms with Gasteiger partial charge in [0, 0.05) is 38.1 Å². The topological polar surface area (TPSA) is 111 Å². The molecule has 1 saturated heterocycles. The molecule has 1 aromatic heterocycles. The van der Waals surface area contributed by atoms with Crippen LogP contribution in [-0.2, 0) is 4.79 Å². The van der Waals surface area contributed by atoms with Crippen molar-refractivity contribution in [2.45, 2.75) is 25.0 Å². The van der Waals surface area contributed by atoms with Gasteiger partial charge in [0.15, 0.2) is 0 Å². The lowest BCUT2D eigenvalue weighted by Crippen LogP contribution is -2.50. The molecule has 110 valence electrons. The highest BCUT2D eigenvalue weighted by Gasteiger charge is 2.37. The van der Waals surface area contributed by atoms with Gasteiger partial charge in [-0.25, -0.2) is 5.10 Å². The van der Waals surface area contributed by atoms with Crippen molar-refractivity contribution in [2.75, 3.05) is 31.1 Å². The number of aliphatic hydroxyl groups is 1. The van der Waals surface area contributed by atoms with Crippen LogP contribution in [0.2, 0.25) is 0 Å². The molecule has 0 radical (unpaired) electrons. The fourth-order valence-corrected chi connectivity index (χ4v) is 3.00. The van der Waals surface area contributed by atoms with Gasteiger partial charge >= 0.3 is 0 Å². The van der Waals surface area contributed by atoms with Gasteiger partial charge in [0.25, 0.3) is 0 Å².